The molecule has 0 saturated carbocycles. The van der Waals surface area contributed by atoms with Crippen LogP contribution in [0.15, 0.2) is 52.9 Å². The fourth-order valence-electron chi connectivity index (χ4n) is 3.47. The number of primary amides is 1. The number of hydrogen-bond acceptors (Lipinski definition) is 8. The van der Waals surface area contributed by atoms with Crippen LogP contribution in [0.25, 0.3) is 15.9 Å². The number of nitrogens with zero attached hydrogens (tertiary/aromatic N) is 3. The van der Waals surface area contributed by atoms with Crippen molar-refractivity contribution in [2.24, 2.45) is 5.73 Å². The first-order chi connectivity index (χ1) is 16.7. The van der Waals surface area contributed by atoms with Crippen LogP contribution in [0.1, 0.15) is 20.1 Å². The van der Waals surface area contributed by atoms with Crippen LogP contribution in [0.3, 0.4) is 0 Å². The Kier molecular flexibility index (Phi) is 7.36. The molecule has 0 spiro atoms. The van der Waals surface area contributed by atoms with Crippen molar-refractivity contribution in [3.63, 3.8) is 0 Å². The van der Waals surface area contributed by atoms with E-state index in [-0.39, 0.29) is 28.6 Å². The molecular formula is C23H21N5O3S4. The Morgan fingerprint density at radius 1 is 1.26 bits per heavy atom. The first-order valence-corrected chi connectivity index (χ1v) is 13.4. The van der Waals surface area contributed by atoms with Gasteiger partial charge in [-0.1, -0.05) is 47.4 Å². The Balaban J connectivity index is 1.65. The molecule has 3 N–H and O–H groups in total. The lowest BCUT2D eigenvalue weighted by Crippen LogP contribution is -2.24. The van der Waals surface area contributed by atoms with Crippen molar-refractivity contribution in [1.29, 1.82) is 0 Å². The number of aryl methyl sites for hydroxylation is 2. The number of thiazole rings is 1. The zero-order chi connectivity index (χ0) is 25.3. The number of carbonyl (C=O) groups excluding carboxylic acids is 2. The molecule has 0 fully saturated rings. The first-order valence-electron chi connectivity index (χ1n) is 10.4. The molecule has 0 unspecified atom stereocenters. The largest absolute Gasteiger partial charge is 0.365 e. The number of rotatable bonds is 8. The van der Waals surface area contributed by atoms with E-state index < -0.39 is 11.8 Å². The molecular weight excluding hydrogens is 523 g/mol. The number of hydrogen-bond donors (Lipinski definition) is 2. The number of amides is 2. The van der Waals surface area contributed by atoms with E-state index in [1.807, 2.05) is 44.2 Å². The molecule has 2 amide bonds. The molecule has 0 radical (unpaired) electrons. The van der Waals surface area contributed by atoms with Crippen LogP contribution in [-0.4, -0.2) is 31.7 Å². The highest BCUT2D eigenvalue weighted by atomic mass is 32.2. The van der Waals surface area contributed by atoms with E-state index in [1.54, 1.807) is 10.6 Å². The van der Waals surface area contributed by atoms with Gasteiger partial charge in [-0.05, 0) is 43.8 Å². The number of fused-ring (bicyclic) bond motifs is 1. The van der Waals surface area contributed by atoms with Crippen molar-refractivity contribution in [2.45, 2.75) is 25.5 Å². The normalized spacial score (nSPS) is 11.0. The Morgan fingerprint density at radius 2 is 1.97 bits per heavy atom. The quantitative estimate of drug-likeness (QED) is 0.145. The highest BCUT2D eigenvalue weighted by Gasteiger charge is 2.22. The van der Waals surface area contributed by atoms with Gasteiger partial charge in [-0.15, -0.1) is 17.9 Å². The standard InChI is InChI=1S/C23H21N5O3S4/c1-4-10-27-21(31)16-12(2)13(3)34-20(16)26-22(27)33-11-15(29)25-19-17(18(24)30)35-23(32)28(19)14-8-6-5-7-9-14/h4-9H,1,10-11H2,2-3H3,(H2,24,30)(H,25,29). The Hall–Kier alpha value is -3.06. The fraction of sp³-hybridized carbons (Fsp3) is 0.174. The van der Waals surface area contributed by atoms with Crippen LogP contribution >= 0.6 is 46.7 Å². The number of carbonyl (C=O) groups is 2. The second-order valence-electron chi connectivity index (χ2n) is 7.48. The van der Waals surface area contributed by atoms with E-state index in [1.165, 1.54) is 15.9 Å². The van der Waals surface area contributed by atoms with Gasteiger partial charge >= 0.3 is 0 Å². The van der Waals surface area contributed by atoms with Gasteiger partial charge in [0.25, 0.3) is 11.5 Å². The lowest BCUT2D eigenvalue weighted by molar-refractivity contribution is -0.113. The smallest absolute Gasteiger partial charge is 0.263 e. The lowest BCUT2D eigenvalue weighted by atomic mass is 10.2. The van der Waals surface area contributed by atoms with Gasteiger partial charge in [0.2, 0.25) is 5.91 Å². The third-order valence-electron chi connectivity index (χ3n) is 5.20. The summed E-state index contributed by atoms with van der Waals surface area (Å²) in [5.41, 5.74) is 7.00. The minimum Gasteiger partial charge on any atom is -0.365 e. The van der Waals surface area contributed by atoms with Gasteiger partial charge < -0.3 is 11.1 Å². The average Bonchev–Trinajstić information content (AvgIpc) is 3.30. The topological polar surface area (TPSA) is 112 Å². The predicted octanol–water partition coefficient (Wildman–Crippen LogP) is 4.67. The second kappa shape index (κ2) is 10.3. The highest BCUT2D eigenvalue weighted by molar-refractivity contribution is 7.99. The van der Waals surface area contributed by atoms with Crippen LogP contribution in [0.2, 0.25) is 0 Å². The van der Waals surface area contributed by atoms with Crippen LogP contribution in [0.4, 0.5) is 5.82 Å². The number of thiophene rings is 1. The summed E-state index contributed by atoms with van der Waals surface area (Å²) < 4.78 is 3.50. The maximum absolute atomic E-state index is 13.1. The molecule has 4 aromatic rings. The summed E-state index contributed by atoms with van der Waals surface area (Å²) in [4.78, 5) is 44.6. The number of nitrogens with two attached hydrogens (primary N) is 1. The molecule has 0 atom stereocenters. The zero-order valence-corrected chi connectivity index (χ0v) is 22.1. The van der Waals surface area contributed by atoms with E-state index in [4.69, 9.17) is 18.0 Å². The van der Waals surface area contributed by atoms with Gasteiger partial charge in [0.15, 0.2) is 9.11 Å². The van der Waals surface area contributed by atoms with Crippen molar-refractivity contribution in [3.05, 3.63) is 72.6 Å². The number of allylic oxidation sites excluding steroid dienone is 1. The fourth-order valence-corrected chi connectivity index (χ4v) is 6.60. The molecule has 4 rings (SSSR count). The molecule has 0 aliphatic heterocycles. The highest BCUT2D eigenvalue weighted by Crippen LogP contribution is 2.30. The summed E-state index contributed by atoms with van der Waals surface area (Å²) in [5, 5.41) is 3.79. The van der Waals surface area contributed by atoms with E-state index >= 15 is 0 Å². The Labute approximate surface area is 218 Å². The molecule has 8 nitrogen and oxygen atoms in total. The molecule has 3 aromatic heterocycles. The summed E-state index contributed by atoms with van der Waals surface area (Å²) in [5.74, 6) is -0.906. The van der Waals surface area contributed by atoms with Crippen LogP contribution in [0.5, 0.6) is 0 Å². The van der Waals surface area contributed by atoms with Gasteiger partial charge in [0.05, 0.1) is 11.1 Å². The average molecular weight is 544 g/mol. The minimum absolute atomic E-state index is 0.0476. The van der Waals surface area contributed by atoms with Gasteiger partial charge in [-0.2, -0.15) is 0 Å². The van der Waals surface area contributed by atoms with Crippen LogP contribution < -0.4 is 16.6 Å². The van der Waals surface area contributed by atoms with Gasteiger partial charge in [-0.25, -0.2) is 4.98 Å². The van der Waals surface area contributed by atoms with Crippen molar-refractivity contribution >= 4 is 74.5 Å². The third kappa shape index (κ3) is 4.87. The van der Waals surface area contributed by atoms with Crippen molar-refractivity contribution in [3.8, 4) is 5.69 Å². The molecule has 3 heterocycles. The molecule has 0 bridgehead atoms. The summed E-state index contributed by atoms with van der Waals surface area (Å²) >= 11 is 9.05. The third-order valence-corrected chi connectivity index (χ3v) is 8.67. The zero-order valence-electron chi connectivity index (χ0n) is 18.9. The summed E-state index contributed by atoms with van der Waals surface area (Å²) in [7, 11) is 0. The molecule has 0 aliphatic carbocycles. The SMILES string of the molecule is C=CCn1c(SCC(=O)Nc2c(C(N)=O)sc(=S)n2-c2ccccc2)nc2sc(C)c(C)c2c1=O. The maximum Gasteiger partial charge on any atom is 0.263 e. The van der Waals surface area contributed by atoms with Gasteiger partial charge in [-0.3, -0.25) is 23.5 Å². The predicted molar refractivity (Wildman–Crippen MR) is 146 cm³/mol. The van der Waals surface area contributed by atoms with E-state index in [2.05, 4.69) is 16.9 Å². The monoisotopic (exact) mass is 543 g/mol. The number of aromatic nitrogens is 3. The Bertz CT molecular complexity index is 1580. The lowest BCUT2D eigenvalue weighted by Gasteiger charge is -2.12. The number of nitrogens with one attached hydrogen (secondary N) is 1. The second-order valence-corrected chi connectivity index (χ2v) is 11.3. The van der Waals surface area contributed by atoms with E-state index in [9.17, 15) is 14.4 Å². The molecule has 0 aliphatic rings. The number of thioether (sulfide) groups is 1. The number of anilines is 1. The maximum atomic E-state index is 13.1. The van der Waals surface area contributed by atoms with E-state index in [0.717, 1.165) is 33.5 Å². The molecule has 180 valence electrons. The summed E-state index contributed by atoms with van der Waals surface area (Å²) in [6, 6.07) is 9.14. The van der Waals surface area contributed by atoms with E-state index in [0.29, 0.717) is 25.0 Å². The molecule has 35 heavy (non-hydrogen) atoms. The first kappa shape index (κ1) is 25.0. The number of para-hydroxylation sites is 1. The molecule has 0 saturated heterocycles. The summed E-state index contributed by atoms with van der Waals surface area (Å²) in [6.07, 6.45) is 1.62. The van der Waals surface area contributed by atoms with Gasteiger partial charge in [0.1, 0.15) is 15.5 Å². The minimum atomic E-state index is -0.686. The molecule has 12 heteroatoms. The van der Waals surface area contributed by atoms with Crippen LogP contribution in [-0.2, 0) is 11.3 Å². The molecule has 1 aromatic carbocycles. The van der Waals surface area contributed by atoms with Crippen molar-refractivity contribution in [1.82, 2.24) is 14.1 Å². The van der Waals surface area contributed by atoms with Crippen molar-refractivity contribution in [2.75, 3.05) is 11.1 Å². The summed E-state index contributed by atoms with van der Waals surface area (Å²) in [6.45, 7) is 7.86. The van der Waals surface area contributed by atoms with Crippen LogP contribution in [0, 0.1) is 17.8 Å². The van der Waals surface area contributed by atoms with Crippen molar-refractivity contribution < 1.29 is 9.59 Å². The Morgan fingerprint density at radius 3 is 2.63 bits per heavy atom. The van der Waals surface area contributed by atoms with Gasteiger partial charge in [0, 0.05) is 17.1 Å². The number of benzene rings is 1.